The quantitative estimate of drug-likeness (QED) is 0.846. The van der Waals surface area contributed by atoms with E-state index in [1.807, 2.05) is 12.3 Å². The van der Waals surface area contributed by atoms with E-state index in [0.29, 0.717) is 16.3 Å². The van der Waals surface area contributed by atoms with E-state index >= 15 is 0 Å². The molecule has 0 saturated heterocycles. The van der Waals surface area contributed by atoms with Crippen molar-refractivity contribution in [2.75, 3.05) is 5.32 Å². The van der Waals surface area contributed by atoms with Crippen molar-refractivity contribution in [3.63, 3.8) is 0 Å². The topological polar surface area (TPSA) is 59.1 Å². The van der Waals surface area contributed by atoms with Crippen LogP contribution in [0.2, 0.25) is 0 Å². The number of benzene rings is 1. The number of aryl methyl sites for hydroxylation is 1. The molecular formula is C12H10N2O2S. The van der Waals surface area contributed by atoms with Crippen molar-refractivity contribution in [3.8, 4) is 0 Å². The molecule has 1 amide bonds. The molecule has 17 heavy (non-hydrogen) atoms. The van der Waals surface area contributed by atoms with Gasteiger partial charge in [0, 0.05) is 16.5 Å². The van der Waals surface area contributed by atoms with E-state index in [1.54, 1.807) is 24.3 Å². The molecule has 2 aromatic rings. The van der Waals surface area contributed by atoms with Gasteiger partial charge in [-0.3, -0.25) is 14.9 Å². The number of hydrogen-bond donors (Lipinski definition) is 1. The number of aldehydes is 1. The molecule has 0 aliphatic carbocycles. The maximum Gasteiger partial charge on any atom is 0.257 e. The predicted molar refractivity (Wildman–Crippen MR) is 66.6 cm³/mol. The lowest BCUT2D eigenvalue weighted by Crippen LogP contribution is -2.11. The van der Waals surface area contributed by atoms with Crippen LogP contribution in [0.3, 0.4) is 0 Å². The molecule has 0 aliphatic heterocycles. The number of hydrogen-bond acceptors (Lipinski definition) is 4. The number of nitrogens with one attached hydrogen (secondary N) is 1. The van der Waals surface area contributed by atoms with E-state index in [9.17, 15) is 9.59 Å². The fourth-order valence-electron chi connectivity index (χ4n) is 1.29. The molecule has 0 unspecified atom stereocenters. The van der Waals surface area contributed by atoms with Gasteiger partial charge in [-0.2, -0.15) is 0 Å². The summed E-state index contributed by atoms with van der Waals surface area (Å²) in [4.78, 5) is 26.4. The Morgan fingerprint density at radius 1 is 1.35 bits per heavy atom. The Morgan fingerprint density at radius 2 is 2.06 bits per heavy atom. The lowest BCUT2D eigenvalue weighted by molar-refractivity contribution is 0.102. The second-order valence-electron chi connectivity index (χ2n) is 3.49. The van der Waals surface area contributed by atoms with Crippen molar-refractivity contribution in [1.82, 2.24) is 4.98 Å². The maximum absolute atomic E-state index is 11.8. The molecule has 1 heterocycles. The smallest absolute Gasteiger partial charge is 0.257 e. The Bertz CT molecular complexity index is 546. The lowest BCUT2D eigenvalue weighted by atomic mass is 10.1. The summed E-state index contributed by atoms with van der Waals surface area (Å²) in [7, 11) is 0. The maximum atomic E-state index is 11.8. The Hall–Kier alpha value is -2.01. The monoisotopic (exact) mass is 246 g/mol. The van der Waals surface area contributed by atoms with Gasteiger partial charge < -0.3 is 0 Å². The average Bonchev–Trinajstić information content (AvgIpc) is 2.75. The van der Waals surface area contributed by atoms with Crippen LogP contribution in [0.1, 0.15) is 26.4 Å². The van der Waals surface area contributed by atoms with Gasteiger partial charge in [0.05, 0.1) is 5.69 Å². The minimum Gasteiger partial charge on any atom is -0.298 e. The SMILES string of the molecule is Cc1csc(NC(=O)c2ccc(C=O)cc2)n1. The molecule has 4 nitrogen and oxygen atoms in total. The van der Waals surface area contributed by atoms with Gasteiger partial charge in [0.2, 0.25) is 0 Å². The third-order valence-electron chi connectivity index (χ3n) is 2.15. The summed E-state index contributed by atoms with van der Waals surface area (Å²) in [5, 5.41) is 5.14. The number of rotatable bonds is 3. The van der Waals surface area contributed by atoms with Crippen molar-refractivity contribution in [2.45, 2.75) is 6.92 Å². The number of anilines is 1. The van der Waals surface area contributed by atoms with Crippen LogP contribution < -0.4 is 5.32 Å². The minimum atomic E-state index is -0.225. The molecule has 0 aliphatic rings. The lowest BCUT2D eigenvalue weighted by Gasteiger charge is -2.01. The van der Waals surface area contributed by atoms with Gasteiger partial charge >= 0.3 is 0 Å². The Kier molecular flexibility index (Phi) is 3.30. The fraction of sp³-hybridized carbons (Fsp3) is 0.0833. The summed E-state index contributed by atoms with van der Waals surface area (Å²) in [5.41, 5.74) is 1.93. The third-order valence-corrected chi connectivity index (χ3v) is 3.02. The van der Waals surface area contributed by atoms with E-state index < -0.39 is 0 Å². The largest absolute Gasteiger partial charge is 0.298 e. The molecule has 1 aromatic heterocycles. The number of aromatic nitrogens is 1. The summed E-state index contributed by atoms with van der Waals surface area (Å²) in [6.45, 7) is 1.87. The Balaban J connectivity index is 2.11. The molecule has 0 bridgehead atoms. The van der Waals surface area contributed by atoms with Crippen molar-refractivity contribution < 1.29 is 9.59 Å². The molecule has 0 radical (unpaired) electrons. The molecule has 0 spiro atoms. The van der Waals surface area contributed by atoms with Crippen molar-refractivity contribution in [3.05, 3.63) is 46.5 Å². The van der Waals surface area contributed by atoms with Crippen LogP contribution >= 0.6 is 11.3 Å². The highest BCUT2D eigenvalue weighted by atomic mass is 32.1. The number of nitrogens with zero attached hydrogens (tertiary/aromatic N) is 1. The first kappa shape index (κ1) is 11.5. The van der Waals surface area contributed by atoms with Gasteiger partial charge in [-0.25, -0.2) is 4.98 Å². The summed E-state index contributed by atoms with van der Waals surface area (Å²) < 4.78 is 0. The van der Waals surface area contributed by atoms with Gasteiger partial charge in [0.15, 0.2) is 5.13 Å². The summed E-state index contributed by atoms with van der Waals surface area (Å²) in [5.74, 6) is -0.225. The number of thiazole rings is 1. The van der Waals surface area contributed by atoms with Gasteiger partial charge in [0.1, 0.15) is 6.29 Å². The van der Waals surface area contributed by atoms with Crippen LogP contribution in [0.25, 0.3) is 0 Å². The van der Waals surface area contributed by atoms with E-state index in [2.05, 4.69) is 10.3 Å². The number of carbonyl (C=O) groups is 2. The number of amides is 1. The highest BCUT2D eigenvalue weighted by molar-refractivity contribution is 7.13. The molecule has 1 aromatic carbocycles. The van der Waals surface area contributed by atoms with E-state index in [-0.39, 0.29) is 5.91 Å². The van der Waals surface area contributed by atoms with Crippen LogP contribution in [-0.4, -0.2) is 17.2 Å². The molecule has 86 valence electrons. The minimum absolute atomic E-state index is 0.225. The van der Waals surface area contributed by atoms with Gasteiger partial charge in [0.25, 0.3) is 5.91 Å². The van der Waals surface area contributed by atoms with E-state index in [4.69, 9.17) is 0 Å². The Labute approximate surface area is 102 Å². The summed E-state index contributed by atoms with van der Waals surface area (Å²) in [6.07, 6.45) is 0.742. The van der Waals surface area contributed by atoms with Gasteiger partial charge in [-0.15, -0.1) is 11.3 Å². The molecule has 1 N–H and O–H groups in total. The zero-order valence-corrected chi connectivity index (χ0v) is 9.95. The van der Waals surface area contributed by atoms with E-state index in [0.717, 1.165) is 12.0 Å². The van der Waals surface area contributed by atoms with Crippen LogP contribution in [0, 0.1) is 6.92 Å². The normalized spacial score (nSPS) is 9.94. The van der Waals surface area contributed by atoms with Crippen LogP contribution in [0.5, 0.6) is 0 Å². The number of carbonyl (C=O) groups excluding carboxylic acids is 2. The average molecular weight is 246 g/mol. The zero-order valence-electron chi connectivity index (χ0n) is 9.14. The first-order chi connectivity index (χ1) is 8.19. The molecule has 2 rings (SSSR count). The van der Waals surface area contributed by atoms with Crippen LogP contribution in [0.15, 0.2) is 29.6 Å². The summed E-state index contributed by atoms with van der Waals surface area (Å²) in [6, 6.07) is 6.43. The fourth-order valence-corrected chi connectivity index (χ4v) is 1.98. The van der Waals surface area contributed by atoms with Crippen molar-refractivity contribution in [1.29, 1.82) is 0 Å². The Morgan fingerprint density at radius 3 is 2.59 bits per heavy atom. The summed E-state index contributed by atoms with van der Waals surface area (Å²) >= 11 is 1.38. The third kappa shape index (κ3) is 2.76. The standard InChI is InChI=1S/C12H10N2O2S/c1-8-7-17-12(13-8)14-11(16)10-4-2-9(6-15)3-5-10/h2-7H,1H3,(H,13,14,16). The molecule has 5 heteroatoms. The molecule has 0 atom stereocenters. The van der Waals surface area contributed by atoms with Crippen LogP contribution in [0.4, 0.5) is 5.13 Å². The second kappa shape index (κ2) is 4.88. The predicted octanol–water partition coefficient (Wildman–Crippen LogP) is 2.52. The molecular weight excluding hydrogens is 236 g/mol. The van der Waals surface area contributed by atoms with Crippen molar-refractivity contribution in [2.24, 2.45) is 0 Å². The van der Waals surface area contributed by atoms with Crippen molar-refractivity contribution >= 4 is 28.7 Å². The first-order valence-corrected chi connectivity index (χ1v) is 5.86. The van der Waals surface area contributed by atoms with Crippen LogP contribution in [-0.2, 0) is 0 Å². The van der Waals surface area contributed by atoms with Gasteiger partial charge in [-0.1, -0.05) is 12.1 Å². The van der Waals surface area contributed by atoms with Gasteiger partial charge in [-0.05, 0) is 19.1 Å². The van der Waals surface area contributed by atoms with E-state index in [1.165, 1.54) is 11.3 Å². The highest BCUT2D eigenvalue weighted by Gasteiger charge is 2.07. The first-order valence-electron chi connectivity index (χ1n) is 4.98. The molecule has 0 saturated carbocycles. The molecule has 0 fully saturated rings. The highest BCUT2D eigenvalue weighted by Crippen LogP contribution is 2.15. The second-order valence-corrected chi connectivity index (χ2v) is 4.35. The zero-order chi connectivity index (χ0) is 12.3.